The Hall–Kier alpha value is -1.36. The van der Waals surface area contributed by atoms with Crippen LogP contribution < -0.4 is 0 Å². The molecule has 0 bridgehead atoms. The number of carbonyl (C=O) groups is 2. The molecular weight excluding hydrogens is 200 g/mol. The van der Waals surface area contributed by atoms with E-state index in [9.17, 15) is 9.59 Å². The number of ether oxygens (including phenoxy) is 1. The van der Waals surface area contributed by atoms with Crippen LogP contribution in [0.25, 0.3) is 0 Å². The van der Waals surface area contributed by atoms with Crippen molar-refractivity contribution in [1.29, 1.82) is 0 Å². The van der Waals surface area contributed by atoms with Crippen molar-refractivity contribution < 1.29 is 18.8 Å². The standard InChI is InChI=1S/C9H14O4Si/c1-5-8(10)12-7-6-9(11)13-14(2,3)4/h5-7H,1H2,2-4H3. The Bertz CT molecular complexity index is 262. The van der Waals surface area contributed by atoms with Crippen molar-refractivity contribution in [3.8, 4) is 0 Å². The fourth-order valence-corrected chi connectivity index (χ4v) is 1.21. The van der Waals surface area contributed by atoms with Crippen LogP contribution in [0.4, 0.5) is 0 Å². The third-order valence-electron chi connectivity index (χ3n) is 0.962. The van der Waals surface area contributed by atoms with Crippen LogP contribution in [0.2, 0.25) is 19.6 Å². The molecule has 0 saturated heterocycles. The van der Waals surface area contributed by atoms with Crippen LogP contribution in [-0.4, -0.2) is 20.3 Å². The van der Waals surface area contributed by atoms with Gasteiger partial charge in [-0.1, -0.05) is 6.58 Å². The second-order valence-corrected chi connectivity index (χ2v) is 7.91. The summed E-state index contributed by atoms with van der Waals surface area (Å²) in [6.45, 7) is 8.85. The lowest BCUT2D eigenvalue weighted by Crippen LogP contribution is -2.28. The third-order valence-corrected chi connectivity index (χ3v) is 1.78. The van der Waals surface area contributed by atoms with Gasteiger partial charge in [0, 0.05) is 6.08 Å². The summed E-state index contributed by atoms with van der Waals surface area (Å²) in [6.07, 6.45) is 3.07. The molecule has 14 heavy (non-hydrogen) atoms. The normalized spacial score (nSPS) is 11.1. The first kappa shape index (κ1) is 12.6. The molecule has 78 valence electrons. The highest BCUT2D eigenvalue weighted by Crippen LogP contribution is 2.02. The third kappa shape index (κ3) is 7.29. The molecule has 0 aliphatic rings. The van der Waals surface area contributed by atoms with Gasteiger partial charge in [-0.15, -0.1) is 0 Å². The Morgan fingerprint density at radius 1 is 1.21 bits per heavy atom. The van der Waals surface area contributed by atoms with Crippen molar-refractivity contribution in [2.45, 2.75) is 19.6 Å². The maximum Gasteiger partial charge on any atom is 0.334 e. The molecule has 0 atom stereocenters. The van der Waals surface area contributed by atoms with Crippen molar-refractivity contribution in [2.75, 3.05) is 0 Å². The molecule has 5 heteroatoms. The predicted octanol–water partition coefficient (Wildman–Crippen LogP) is 1.61. The maximum atomic E-state index is 11.0. The Kier molecular flexibility index (Phi) is 4.86. The average molecular weight is 214 g/mol. The molecule has 0 N–H and O–H groups in total. The second kappa shape index (κ2) is 5.38. The first-order chi connectivity index (χ1) is 6.35. The first-order valence-electron chi connectivity index (χ1n) is 4.08. The quantitative estimate of drug-likeness (QED) is 0.309. The summed E-state index contributed by atoms with van der Waals surface area (Å²) in [5.74, 6) is -1.11. The lowest BCUT2D eigenvalue weighted by Gasteiger charge is -2.15. The van der Waals surface area contributed by atoms with Crippen molar-refractivity contribution >= 4 is 20.3 Å². The Labute approximate surface area is 84.3 Å². The number of rotatable bonds is 4. The van der Waals surface area contributed by atoms with Gasteiger partial charge in [-0.05, 0) is 19.6 Å². The van der Waals surface area contributed by atoms with Crippen LogP contribution in [0.1, 0.15) is 0 Å². The van der Waals surface area contributed by atoms with Gasteiger partial charge in [0.2, 0.25) is 8.32 Å². The average Bonchev–Trinajstić information content (AvgIpc) is 2.00. The highest BCUT2D eigenvalue weighted by Gasteiger charge is 2.18. The van der Waals surface area contributed by atoms with Crippen LogP contribution in [-0.2, 0) is 18.8 Å². The van der Waals surface area contributed by atoms with E-state index in [1.54, 1.807) is 0 Å². The van der Waals surface area contributed by atoms with Gasteiger partial charge in [-0.2, -0.15) is 0 Å². The van der Waals surface area contributed by atoms with Gasteiger partial charge >= 0.3 is 11.9 Å². The predicted molar refractivity (Wildman–Crippen MR) is 54.9 cm³/mol. The monoisotopic (exact) mass is 214 g/mol. The molecule has 0 saturated carbocycles. The van der Waals surface area contributed by atoms with Gasteiger partial charge < -0.3 is 9.16 Å². The molecule has 0 aromatic carbocycles. The van der Waals surface area contributed by atoms with E-state index >= 15 is 0 Å². The van der Waals surface area contributed by atoms with Crippen LogP contribution in [0.5, 0.6) is 0 Å². The van der Waals surface area contributed by atoms with Gasteiger partial charge in [0.25, 0.3) is 0 Å². The van der Waals surface area contributed by atoms with Crippen molar-refractivity contribution in [3.63, 3.8) is 0 Å². The molecule has 0 aromatic heterocycles. The topological polar surface area (TPSA) is 52.6 Å². The Balaban J connectivity index is 3.95. The largest absolute Gasteiger partial charge is 0.517 e. The minimum atomic E-state index is -1.87. The number of hydrogen-bond donors (Lipinski definition) is 0. The van der Waals surface area contributed by atoms with Crippen LogP contribution in [0.3, 0.4) is 0 Å². The van der Waals surface area contributed by atoms with E-state index < -0.39 is 20.3 Å². The SMILES string of the molecule is C=CC(=O)OC=CC(=O)O[Si](C)(C)C. The first-order valence-corrected chi connectivity index (χ1v) is 7.48. The van der Waals surface area contributed by atoms with E-state index in [0.29, 0.717) is 0 Å². The zero-order chi connectivity index (χ0) is 11.2. The van der Waals surface area contributed by atoms with Crippen LogP contribution in [0, 0.1) is 0 Å². The molecule has 0 fully saturated rings. The van der Waals surface area contributed by atoms with E-state index in [2.05, 4.69) is 11.3 Å². The summed E-state index contributed by atoms with van der Waals surface area (Å²) < 4.78 is 9.50. The fourth-order valence-electron chi connectivity index (χ4n) is 0.541. The zero-order valence-corrected chi connectivity index (χ0v) is 9.57. The molecule has 0 unspecified atom stereocenters. The molecular formula is C9H14O4Si. The van der Waals surface area contributed by atoms with Crippen LogP contribution >= 0.6 is 0 Å². The molecule has 0 aromatic rings. The number of hydrogen-bond acceptors (Lipinski definition) is 4. The van der Waals surface area contributed by atoms with Gasteiger partial charge in [0.15, 0.2) is 0 Å². The van der Waals surface area contributed by atoms with Crippen LogP contribution in [0.15, 0.2) is 25.0 Å². The van der Waals surface area contributed by atoms with E-state index in [4.69, 9.17) is 4.43 Å². The van der Waals surface area contributed by atoms with E-state index in [0.717, 1.165) is 18.4 Å². The minimum absolute atomic E-state index is 0.499. The van der Waals surface area contributed by atoms with Gasteiger partial charge in [-0.25, -0.2) is 9.59 Å². The second-order valence-electron chi connectivity index (χ2n) is 3.48. The summed E-state index contributed by atoms with van der Waals surface area (Å²) in [4.78, 5) is 21.6. The zero-order valence-electron chi connectivity index (χ0n) is 8.57. The summed E-state index contributed by atoms with van der Waals surface area (Å²) in [6, 6.07) is 0. The molecule has 0 aliphatic carbocycles. The summed E-state index contributed by atoms with van der Waals surface area (Å²) in [7, 11) is -1.87. The molecule has 0 aliphatic heterocycles. The highest BCUT2D eigenvalue weighted by atomic mass is 28.4. The number of esters is 1. The molecule has 0 spiro atoms. The maximum absolute atomic E-state index is 11.0. The van der Waals surface area contributed by atoms with Crippen molar-refractivity contribution in [3.05, 3.63) is 25.0 Å². The van der Waals surface area contributed by atoms with Gasteiger partial charge in [0.05, 0.1) is 6.08 Å². The smallest absolute Gasteiger partial charge is 0.334 e. The molecule has 0 rings (SSSR count). The van der Waals surface area contributed by atoms with Gasteiger partial charge in [-0.3, -0.25) is 0 Å². The molecule has 0 radical (unpaired) electrons. The molecule has 4 nitrogen and oxygen atoms in total. The van der Waals surface area contributed by atoms with Crippen molar-refractivity contribution in [2.24, 2.45) is 0 Å². The lowest BCUT2D eigenvalue weighted by atomic mass is 10.6. The fraction of sp³-hybridized carbons (Fsp3) is 0.333. The van der Waals surface area contributed by atoms with E-state index in [-0.39, 0.29) is 0 Å². The summed E-state index contributed by atoms with van der Waals surface area (Å²) in [5, 5.41) is 0. The number of carbonyl (C=O) groups excluding carboxylic acids is 2. The minimum Gasteiger partial charge on any atom is -0.517 e. The Morgan fingerprint density at radius 2 is 1.79 bits per heavy atom. The molecule has 0 amide bonds. The van der Waals surface area contributed by atoms with Gasteiger partial charge in [0.1, 0.15) is 6.26 Å². The van der Waals surface area contributed by atoms with Crippen molar-refractivity contribution in [1.82, 2.24) is 0 Å². The summed E-state index contributed by atoms with van der Waals surface area (Å²) >= 11 is 0. The van der Waals surface area contributed by atoms with E-state index in [1.807, 2.05) is 19.6 Å². The Morgan fingerprint density at radius 3 is 2.21 bits per heavy atom. The summed E-state index contributed by atoms with van der Waals surface area (Å²) in [5.41, 5.74) is 0. The molecule has 0 heterocycles. The lowest BCUT2D eigenvalue weighted by molar-refractivity contribution is -0.132. The van der Waals surface area contributed by atoms with E-state index in [1.165, 1.54) is 0 Å². The highest BCUT2D eigenvalue weighted by molar-refractivity contribution is 6.71.